The van der Waals surface area contributed by atoms with Gasteiger partial charge in [0, 0.05) is 10.0 Å². The zero-order valence-electron chi connectivity index (χ0n) is 12.7. The first-order chi connectivity index (χ1) is 11.1. The van der Waals surface area contributed by atoms with Crippen molar-refractivity contribution in [3.05, 3.63) is 58.1 Å². The molecule has 120 valence electrons. The number of halogens is 2. The smallest absolute Gasteiger partial charge is 0.338 e. The molecule has 0 spiro atoms. The maximum absolute atomic E-state index is 12.2. The molecule has 0 amide bonds. The largest absolute Gasteiger partial charge is 0.459 e. The molecule has 2 aromatic carbocycles. The highest BCUT2D eigenvalue weighted by atomic mass is 35.5. The standard InChI is InChI=1S/C19H18Cl2O2/c20-16-10-15(11-17(21)12-16)13-6-8-14(9-7-13)19(22)23-18-4-2-1-3-5-18/h6-12,18H,1-5H2. The van der Waals surface area contributed by atoms with E-state index in [0.29, 0.717) is 15.6 Å². The van der Waals surface area contributed by atoms with Crippen molar-refractivity contribution < 1.29 is 9.53 Å². The quantitative estimate of drug-likeness (QED) is 0.621. The van der Waals surface area contributed by atoms with Gasteiger partial charge in [-0.15, -0.1) is 0 Å². The summed E-state index contributed by atoms with van der Waals surface area (Å²) in [7, 11) is 0. The number of benzene rings is 2. The van der Waals surface area contributed by atoms with Gasteiger partial charge in [-0.2, -0.15) is 0 Å². The summed E-state index contributed by atoms with van der Waals surface area (Å²) >= 11 is 12.1. The van der Waals surface area contributed by atoms with Crippen LogP contribution in [-0.4, -0.2) is 12.1 Å². The first-order valence-corrected chi connectivity index (χ1v) is 8.65. The molecule has 1 aliphatic rings. The molecule has 0 unspecified atom stereocenters. The van der Waals surface area contributed by atoms with Gasteiger partial charge in [0.1, 0.15) is 6.10 Å². The van der Waals surface area contributed by atoms with Gasteiger partial charge < -0.3 is 4.74 Å². The van der Waals surface area contributed by atoms with Crippen LogP contribution in [-0.2, 0) is 4.74 Å². The molecule has 2 aromatic rings. The average Bonchev–Trinajstić information content (AvgIpc) is 2.55. The van der Waals surface area contributed by atoms with Gasteiger partial charge in [0.2, 0.25) is 0 Å². The van der Waals surface area contributed by atoms with E-state index in [1.54, 1.807) is 18.2 Å². The Labute approximate surface area is 146 Å². The number of carbonyl (C=O) groups excluding carboxylic acids is 1. The third kappa shape index (κ3) is 4.27. The molecule has 1 saturated carbocycles. The molecule has 4 heteroatoms. The predicted octanol–water partition coefficient (Wildman–Crippen LogP) is 6.15. The maximum Gasteiger partial charge on any atom is 0.338 e. The fraction of sp³-hybridized carbons (Fsp3) is 0.316. The Morgan fingerprint density at radius 1 is 0.870 bits per heavy atom. The van der Waals surface area contributed by atoms with E-state index in [-0.39, 0.29) is 12.1 Å². The summed E-state index contributed by atoms with van der Waals surface area (Å²) in [6.07, 6.45) is 5.56. The molecule has 3 rings (SSSR count). The second kappa shape index (κ2) is 7.37. The summed E-state index contributed by atoms with van der Waals surface area (Å²) in [4.78, 5) is 12.2. The van der Waals surface area contributed by atoms with Crippen molar-refractivity contribution in [3.63, 3.8) is 0 Å². The third-order valence-electron chi connectivity index (χ3n) is 4.14. The third-order valence-corrected chi connectivity index (χ3v) is 4.58. The first-order valence-electron chi connectivity index (χ1n) is 7.89. The van der Waals surface area contributed by atoms with Gasteiger partial charge in [-0.1, -0.05) is 41.8 Å². The fourth-order valence-corrected chi connectivity index (χ4v) is 3.45. The van der Waals surface area contributed by atoms with Gasteiger partial charge >= 0.3 is 5.97 Å². The van der Waals surface area contributed by atoms with Crippen LogP contribution in [0.15, 0.2) is 42.5 Å². The lowest BCUT2D eigenvalue weighted by atomic mass is 9.98. The summed E-state index contributed by atoms with van der Waals surface area (Å²) in [5.74, 6) is -0.243. The van der Waals surface area contributed by atoms with Crippen molar-refractivity contribution in [1.82, 2.24) is 0 Å². The van der Waals surface area contributed by atoms with Crippen LogP contribution in [0.1, 0.15) is 42.5 Å². The Morgan fingerprint density at radius 2 is 1.48 bits per heavy atom. The highest BCUT2D eigenvalue weighted by Crippen LogP contribution is 2.28. The summed E-state index contributed by atoms with van der Waals surface area (Å²) in [6, 6.07) is 12.7. The molecule has 0 radical (unpaired) electrons. The van der Waals surface area contributed by atoms with Crippen molar-refractivity contribution in [2.45, 2.75) is 38.2 Å². The van der Waals surface area contributed by atoms with Crippen molar-refractivity contribution >= 4 is 29.2 Å². The zero-order valence-corrected chi connectivity index (χ0v) is 14.2. The van der Waals surface area contributed by atoms with Crippen LogP contribution in [0.5, 0.6) is 0 Å². The van der Waals surface area contributed by atoms with Crippen LogP contribution in [0.2, 0.25) is 10.0 Å². The van der Waals surface area contributed by atoms with E-state index in [0.717, 1.165) is 36.8 Å². The Kier molecular flexibility index (Phi) is 5.24. The van der Waals surface area contributed by atoms with Crippen LogP contribution in [0, 0.1) is 0 Å². The van der Waals surface area contributed by atoms with E-state index < -0.39 is 0 Å². The summed E-state index contributed by atoms with van der Waals surface area (Å²) in [5, 5.41) is 1.18. The van der Waals surface area contributed by atoms with E-state index in [2.05, 4.69) is 0 Å². The summed E-state index contributed by atoms with van der Waals surface area (Å²) < 4.78 is 5.58. The number of rotatable bonds is 3. The first kappa shape index (κ1) is 16.4. The second-order valence-electron chi connectivity index (χ2n) is 5.90. The molecule has 0 saturated heterocycles. The number of carbonyl (C=O) groups is 1. The van der Waals surface area contributed by atoms with E-state index >= 15 is 0 Å². The second-order valence-corrected chi connectivity index (χ2v) is 6.77. The van der Waals surface area contributed by atoms with Crippen LogP contribution in [0.25, 0.3) is 11.1 Å². The minimum Gasteiger partial charge on any atom is -0.459 e. The molecule has 1 aliphatic carbocycles. The summed E-state index contributed by atoms with van der Waals surface area (Å²) in [5.41, 5.74) is 2.46. The van der Waals surface area contributed by atoms with Crippen molar-refractivity contribution in [2.24, 2.45) is 0 Å². The average molecular weight is 349 g/mol. The zero-order chi connectivity index (χ0) is 16.2. The van der Waals surface area contributed by atoms with Crippen molar-refractivity contribution in [1.29, 1.82) is 0 Å². The Morgan fingerprint density at radius 3 is 2.09 bits per heavy atom. The van der Waals surface area contributed by atoms with E-state index in [4.69, 9.17) is 27.9 Å². The SMILES string of the molecule is O=C(OC1CCCCC1)c1ccc(-c2cc(Cl)cc(Cl)c2)cc1. The van der Waals surface area contributed by atoms with Gasteiger partial charge in [-0.3, -0.25) is 0 Å². The Hall–Kier alpha value is -1.51. The van der Waals surface area contributed by atoms with E-state index in [9.17, 15) is 4.79 Å². The molecule has 2 nitrogen and oxygen atoms in total. The number of hydrogen-bond acceptors (Lipinski definition) is 2. The van der Waals surface area contributed by atoms with Gasteiger partial charge in [-0.25, -0.2) is 4.79 Å². The lowest BCUT2D eigenvalue weighted by Gasteiger charge is -2.21. The number of esters is 1. The predicted molar refractivity (Wildman–Crippen MR) is 94.2 cm³/mol. The Bertz CT molecular complexity index is 669. The van der Waals surface area contributed by atoms with Gasteiger partial charge in [0.05, 0.1) is 5.56 Å². The molecule has 0 aromatic heterocycles. The maximum atomic E-state index is 12.2. The van der Waals surface area contributed by atoms with Crippen molar-refractivity contribution in [3.8, 4) is 11.1 Å². The molecule has 1 fully saturated rings. The molecular formula is C19H18Cl2O2. The topological polar surface area (TPSA) is 26.3 Å². The normalized spacial score (nSPS) is 15.4. The van der Waals surface area contributed by atoms with Crippen LogP contribution in [0.4, 0.5) is 0 Å². The summed E-state index contributed by atoms with van der Waals surface area (Å²) in [6.45, 7) is 0. The van der Waals surface area contributed by atoms with E-state index in [1.807, 2.05) is 24.3 Å². The highest BCUT2D eigenvalue weighted by Gasteiger charge is 2.18. The molecular weight excluding hydrogens is 331 g/mol. The van der Waals surface area contributed by atoms with Crippen LogP contribution >= 0.6 is 23.2 Å². The monoisotopic (exact) mass is 348 g/mol. The van der Waals surface area contributed by atoms with Gasteiger partial charge in [0.25, 0.3) is 0 Å². The molecule has 0 heterocycles. The number of hydrogen-bond donors (Lipinski definition) is 0. The lowest BCUT2D eigenvalue weighted by molar-refractivity contribution is 0.0211. The van der Waals surface area contributed by atoms with Gasteiger partial charge in [0.15, 0.2) is 0 Å². The molecule has 0 bridgehead atoms. The molecule has 0 atom stereocenters. The molecule has 23 heavy (non-hydrogen) atoms. The van der Waals surface area contributed by atoms with Crippen LogP contribution in [0.3, 0.4) is 0 Å². The highest BCUT2D eigenvalue weighted by molar-refractivity contribution is 6.35. The molecule has 0 aliphatic heterocycles. The lowest BCUT2D eigenvalue weighted by Crippen LogP contribution is -2.20. The number of ether oxygens (including phenoxy) is 1. The van der Waals surface area contributed by atoms with Crippen LogP contribution < -0.4 is 0 Å². The van der Waals surface area contributed by atoms with E-state index in [1.165, 1.54) is 6.42 Å². The molecule has 0 N–H and O–H groups in total. The minimum absolute atomic E-state index is 0.0719. The van der Waals surface area contributed by atoms with Gasteiger partial charge in [-0.05, 0) is 67.1 Å². The van der Waals surface area contributed by atoms with Crippen molar-refractivity contribution in [2.75, 3.05) is 0 Å². The fourth-order valence-electron chi connectivity index (χ4n) is 2.92. The Balaban J connectivity index is 1.72. The minimum atomic E-state index is -0.243.